The van der Waals surface area contributed by atoms with Gasteiger partial charge in [0.05, 0.1) is 11.5 Å². The number of nitrogens with one attached hydrogen (secondary N) is 1. The Morgan fingerprint density at radius 2 is 1.90 bits per heavy atom. The van der Waals surface area contributed by atoms with Crippen LogP contribution in [0.4, 0.5) is 4.39 Å². The van der Waals surface area contributed by atoms with E-state index < -0.39 is 5.97 Å². The maximum Gasteiger partial charge on any atom is 0.313 e. The number of carbonyl (C=O) groups is 2. The second-order valence-electron chi connectivity index (χ2n) is 5.30. The highest BCUT2D eigenvalue weighted by molar-refractivity contribution is 8.00. The Labute approximate surface area is 127 Å². The van der Waals surface area contributed by atoms with Crippen molar-refractivity contribution in [2.24, 2.45) is 0 Å². The zero-order valence-electron chi connectivity index (χ0n) is 11.6. The van der Waals surface area contributed by atoms with Crippen molar-refractivity contribution in [1.29, 1.82) is 0 Å². The number of hydrogen-bond donors (Lipinski definition) is 2. The summed E-state index contributed by atoms with van der Waals surface area (Å²) < 4.78 is 13.0. The third-order valence-corrected chi connectivity index (χ3v) is 4.77. The monoisotopic (exact) mass is 311 g/mol. The molecule has 0 aromatic heterocycles. The molecule has 0 bridgehead atoms. The van der Waals surface area contributed by atoms with Gasteiger partial charge in [-0.2, -0.15) is 0 Å². The summed E-state index contributed by atoms with van der Waals surface area (Å²) in [5.41, 5.74) is 0.953. The largest absolute Gasteiger partial charge is 0.481 e. The van der Waals surface area contributed by atoms with Crippen molar-refractivity contribution in [3.05, 3.63) is 35.6 Å². The number of rotatable bonds is 7. The molecule has 1 fully saturated rings. The molecular weight excluding hydrogens is 293 g/mol. The van der Waals surface area contributed by atoms with Crippen molar-refractivity contribution in [3.63, 3.8) is 0 Å². The van der Waals surface area contributed by atoms with E-state index in [1.807, 2.05) is 0 Å². The lowest BCUT2D eigenvalue weighted by Gasteiger charge is -2.42. The SMILES string of the molecule is O=C(O)CSCC(=O)NCC1(c2ccc(F)cc2)CCC1. The molecule has 0 unspecified atom stereocenters. The van der Waals surface area contributed by atoms with Crippen molar-refractivity contribution >= 4 is 23.6 Å². The van der Waals surface area contributed by atoms with Crippen molar-refractivity contribution in [1.82, 2.24) is 5.32 Å². The number of carboxylic acid groups (broad SMARTS) is 1. The van der Waals surface area contributed by atoms with Crippen LogP contribution >= 0.6 is 11.8 Å². The number of carboxylic acids is 1. The van der Waals surface area contributed by atoms with Crippen LogP contribution in [0.3, 0.4) is 0 Å². The molecule has 2 N–H and O–H groups in total. The summed E-state index contributed by atoms with van der Waals surface area (Å²) in [4.78, 5) is 22.1. The number of thioether (sulfide) groups is 1. The lowest BCUT2D eigenvalue weighted by molar-refractivity contribution is -0.133. The van der Waals surface area contributed by atoms with E-state index in [1.165, 1.54) is 12.1 Å². The van der Waals surface area contributed by atoms with Gasteiger partial charge in [0.15, 0.2) is 0 Å². The van der Waals surface area contributed by atoms with Crippen molar-refractivity contribution < 1.29 is 19.1 Å². The average molecular weight is 311 g/mol. The summed E-state index contributed by atoms with van der Waals surface area (Å²) in [7, 11) is 0. The van der Waals surface area contributed by atoms with Crippen LogP contribution in [-0.2, 0) is 15.0 Å². The van der Waals surface area contributed by atoms with Crippen LogP contribution in [-0.4, -0.2) is 35.0 Å². The number of hydrogen-bond acceptors (Lipinski definition) is 3. The number of benzene rings is 1. The Bertz CT molecular complexity index is 514. The predicted octanol–water partition coefficient (Wildman–Crippen LogP) is 2.18. The normalized spacial score (nSPS) is 16.0. The van der Waals surface area contributed by atoms with Crippen LogP contribution in [0.1, 0.15) is 24.8 Å². The Balaban J connectivity index is 1.86. The van der Waals surface area contributed by atoms with E-state index in [4.69, 9.17) is 5.11 Å². The lowest BCUT2D eigenvalue weighted by atomic mass is 9.64. The van der Waals surface area contributed by atoms with Crippen LogP contribution < -0.4 is 5.32 Å². The van der Waals surface area contributed by atoms with Crippen LogP contribution in [0.25, 0.3) is 0 Å². The molecule has 1 aliphatic carbocycles. The summed E-state index contributed by atoms with van der Waals surface area (Å²) in [6.45, 7) is 0.519. The van der Waals surface area contributed by atoms with Crippen molar-refractivity contribution in [3.8, 4) is 0 Å². The summed E-state index contributed by atoms with van der Waals surface area (Å²) in [6.07, 6.45) is 3.05. The molecule has 0 spiro atoms. The van der Waals surface area contributed by atoms with E-state index in [2.05, 4.69) is 5.32 Å². The fourth-order valence-corrected chi connectivity index (χ4v) is 3.09. The number of aliphatic carboxylic acids is 1. The standard InChI is InChI=1S/C15H18FNO3S/c16-12-4-2-11(3-5-12)15(6-1-7-15)10-17-13(18)8-21-9-14(19)20/h2-5H,1,6-10H2,(H,17,18)(H,19,20). The Kier molecular flexibility index (Phi) is 5.22. The van der Waals surface area contributed by atoms with Gasteiger partial charge in [0.25, 0.3) is 0 Å². The third kappa shape index (κ3) is 4.20. The lowest BCUT2D eigenvalue weighted by Crippen LogP contribution is -2.46. The topological polar surface area (TPSA) is 66.4 Å². The molecule has 6 heteroatoms. The second kappa shape index (κ2) is 6.93. The minimum Gasteiger partial charge on any atom is -0.481 e. The van der Waals surface area contributed by atoms with E-state index >= 15 is 0 Å². The van der Waals surface area contributed by atoms with Crippen LogP contribution in [0.5, 0.6) is 0 Å². The zero-order valence-corrected chi connectivity index (χ0v) is 12.4. The first-order valence-corrected chi connectivity index (χ1v) is 8.00. The highest BCUT2D eigenvalue weighted by Crippen LogP contribution is 2.43. The minimum atomic E-state index is -0.922. The molecule has 21 heavy (non-hydrogen) atoms. The minimum absolute atomic E-state index is 0.0729. The molecule has 2 rings (SSSR count). The van der Waals surface area contributed by atoms with Gasteiger partial charge in [-0.25, -0.2) is 4.39 Å². The first-order chi connectivity index (χ1) is 10.0. The second-order valence-corrected chi connectivity index (χ2v) is 6.29. The van der Waals surface area contributed by atoms with Crippen LogP contribution in [0, 0.1) is 5.82 Å². The summed E-state index contributed by atoms with van der Waals surface area (Å²) in [5, 5.41) is 11.4. The van der Waals surface area contributed by atoms with Gasteiger partial charge in [0.2, 0.25) is 5.91 Å². The average Bonchev–Trinajstić information content (AvgIpc) is 2.39. The van der Waals surface area contributed by atoms with Gasteiger partial charge in [-0.15, -0.1) is 11.8 Å². The Morgan fingerprint density at radius 1 is 1.24 bits per heavy atom. The van der Waals surface area contributed by atoms with Gasteiger partial charge < -0.3 is 10.4 Å². The fourth-order valence-electron chi connectivity index (χ4n) is 2.52. The van der Waals surface area contributed by atoms with Gasteiger partial charge in [-0.1, -0.05) is 18.6 Å². The maximum absolute atomic E-state index is 13.0. The molecule has 0 radical (unpaired) electrons. The molecule has 1 aromatic rings. The number of carbonyl (C=O) groups excluding carboxylic acids is 1. The van der Waals surface area contributed by atoms with Gasteiger partial charge in [-0.05, 0) is 30.5 Å². The molecule has 114 valence electrons. The first kappa shape index (κ1) is 15.8. The third-order valence-electron chi connectivity index (χ3n) is 3.85. The van der Waals surface area contributed by atoms with E-state index in [1.54, 1.807) is 12.1 Å². The molecule has 1 aliphatic rings. The van der Waals surface area contributed by atoms with Crippen LogP contribution in [0.15, 0.2) is 24.3 Å². The highest BCUT2D eigenvalue weighted by Gasteiger charge is 2.38. The van der Waals surface area contributed by atoms with Gasteiger partial charge in [-0.3, -0.25) is 9.59 Å². The first-order valence-electron chi connectivity index (χ1n) is 6.84. The quantitative estimate of drug-likeness (QED) is 0.810. The molecule has 0 heterocycles. The predicted molar refractivity (Wildman–Crippen MR) is 79.9 cm³/mol. The maximum atomic E-state index is 13.0. The van der Waals surface area contributed by atoms with E-state index in [-0.39, 0.29) is 28.6 Å². The summed E-state index contributed by atoms with van der Waals surface area (Å²) in [5.74, 6) is -1.27. The fraction of sp³-hybridized carbons (Fsp3) is 0.467. The smallest absolute Gasteiger partial charge is 0.313 e. The molecule has 0 aliphatic heterocycles. The molecule has 1 saturated carbocycles. The molecule has 4 nitrogen and oxygen atoms in total. The molecule has 1 aromatic carbocycles. The molecule has 0 saturated heterocycles. The Hall–Kier alpha value is -1.56. The van der Waals surface area contributed by atoms with E-state index in [0.29, 0.717) is 6.54 Å². The zero-order chi connectivity index (χ0) is 15.3. The van der Waals surface area contributed by atoms with E-state index in [0.717, 1.165) is 36.6 Å². The number of halogens is 1. The van der Waals surface area contributed by atoms with Gasteiger partial charge in [0, 0.05) is 12.0 Å². The van der Waals surface area contributed by atoms with E-state index in [9.17, 15) is 14.0 Å². The van der Waals surface area contributed by atoms with Gasteiger partial charge >= 0.3 is 5.97 Å². The van der Waals surface area contributed by atoms with Crippen LogP contribution in [0.2, 0.25) is 0 Å². The Morgan fingerprint density at radius 3 is 2.43 bits per heavy atom. The van der Waals surface area contributed by atoms with Crippen molar-refractivity contribution in [2.45, 2.75) is 24.7 Å². The number of amides is 1. The molecule has 0 atom stereocenters. The molecular formula is C15H18FNO3S. The molecule has 1 amide bonds. The van der Waals surface area contributed by atoms with Gasteiger partial charge in [0.1, 0.15) is 5.82 Å². The summed E-state index contributed by atoms with van der Waals surface area (Å²) in [6, 6.07) is 6.44. The van der Waals surface area contributed by atoms with Crippen molar-refractivity contribution in [2.75, 3.05) is 18.1 Å². The summed E-state index contributed by atoms with van der Waals surface area (Å²) >= 11 is 1.08. The highest BCUT2D eigenvalue weighted by atomic mass is 32.2.